The first-order valence-corrected chi connectivity index (χ1v) is 6.28. The third-order valence-electron chi connectivity index (χ3n) is 3.29. The highest BCUT2D eigenvalue weighted by Gasteiger charge is 2.48. The van der Waals surface area contributed by atoms with E-state index in [4.69, 9.17) is 0 Å². The zero-order chi connectivity index (χ0) is 10.9. The van der Waals surface area contributed by atoms with Crippen molar-refractivity contribution < 1.29 is 5.11 Å². The van der Waals surface area contributed by atoms with Crippen LogP contribution in [0.15, 0.2) is 18.6 Å². The fraction of sp³-hybridized carbons (Fsp3) is 0.636. The molecular formula is C11H16N2OS. The number of thioether (sulfide) groups is 1. The molecule has 0 bridgehead atoms. The maximum Gasteiger partial charge on any atom is 0.122 e. The van der Waals surface area contributed by atoms with E-state index in [2.05, 4.69) is 23.8 Å². The van der Waals surface area contributed by atoms with Crippen molar-refractivity contribution in [2.75, 3.05) is 11.5 Å². The van der Waals surface area contributed by atoms with Crippen LogP contribution in [0.1, 0.15) is 26.0 Å². The van der Waals surface area contributed by atoms with Gasteiger partial charge in [-0.05, 0) is 12.2 Å². The van der Waals surface area contributed by atoms with E-state index in [1.165, 1.54) is 0 Å². The van der Waals surface area contributed by atoms with Crippen molar-refractivity contribution >= 4 is 11.8 Å². The van der Waals surface area contributed by atoms with Gasteiger partial charge < -0.3 is 5.11 Å². The van der Waals surface area contributed by atoms with E-state index in [1.54, 1.807) is 30.4 Å². The zero-order valence-corrected chi connectivity index (χ0v) is 9.92. The van der Waals surface area contributed by atoms with Gasteiger partial charge in [-0.15, -0.1) is 0 Å². The first-order valence-electron chi connectivity index (χ1n) is 5.13. The largest absolute Gasteiger partial charge is 0.382 e. The monoisotopic (exact) mass is 224 g/mol. The highest BCUT2D eigenvalue weighted by molar-refractivity contribution is 7.99. The Morgan fingerprint density at radius 1 is 1.40 bits per heavy atom. The minimum absolute atomic E-state index is 0.131. The highest BCUT2D eigenvalue weighted by atomic mass is 32.2. The average molecular weight is 224 g/mol. The Bertz CT molecular complexity index is 342. The van der Waals surface area contributed by atoms with Crippen molar-refractivity contribution in [3.63, 3.8) is 0 Å². The molecular weight excluding hydrogens is 208 g/mol. The summed E-state index contributed by atoms with van der Waals surface area (Å²) in [4.78, 5) is 8.28. The van der Waals surface area contributed by atoms with E-state index in [9.17, 15) is 5.11 Å². The lowest BCUT2D eigenvalue weighted by molar-refractivity contribution is -0.0616. The molecule has 0 spiro atoms. The molecule has 1 N–H and O–H groups in total. The van der Waals surface area contributed by atoms with E-state index in [1.807, 2.05) is 0 Å². The number of aliphatic hydroxyl groups is 1. The van der Waals surface area contributed by atoms with Crippen molar-refractivity contribution in [3.05, 3.63) is 24.3 Å². The lowest BCUT2D eigenvalue weighted by Gasteiger charge is -2.45. The van der Waals surface area contributed by atoms with Gasteiger partial charge in [-0.25, -0.2) is 0 Å². The Kier molecular flexibility index (Phi) is 2.73. The summed E-state index contributed by atoms with van der Waals surface area (Å²) < 4.78 is 0. The SMILES string of the molecule is CC1(C)CCSCC1(O)c1cnccn1. The second-order valence-corrected chi connectivity index (χ2v) is 5.74. The van der Waals surface area contributed by atoms with Gasteiger partial charge in [0.1, 0.15) is 5.60 Å². The number of aromatic nitrogens is 2. The van der Waals surface area contributed by atoms with Crippen LogP contribution < -0.4 is 0 Å². The van der Waals surface area contributed by atoms with E-state index < -0.39 is 5.60 Å². The molecule has 82 valence electrons. The molecule has 0 amide bonds. The first kappa shape index (κ1) is 10.9. The van der Waals surface area contributed by atoms with Gasteiger partial charge in [0.15, 0.2) is 0 Å². The van der Waals surface area contributed by atoms with E-state index in [0.29, 0.717) is 11.4 Å². The van der Waals surface area contributed by atoms with Gasteiger partial charge in [0.05, 0.1) is 11.9 Å². The molecule has 0 aromatic carbocycles. The average Bonchev–Trinajstić information content (AvgIpc) is 2.24. The maximum absolute atomic E-state index is 10.7. The van der Waals surface area contributed by atoms with Gasteiger partial charge in [0, 0.05) is 23.6 Å². The maximum atomic E-state index is 10.7. The minimum Gasteiger partial charge on any atom is -0.382 e. The minimum atomic E-state index is -0.843. The molecule has 1 aromatic heterocycles. The molecule has 1 unspecified atom stereocenters. The highest BCUT2D eigenvalue weighted by Crippen LogP contribution is 2.47. The molecule has 1 aliphatic rings. The molecule has 3 nitrogen and oxygen atoms in total. The van der Waals surface area contributed by atoms with Crippen LogP contribution in [0.5, 0.6) is 0 Å². The normalized spacial score (nSPS) is 30.1. The molecule has 2 heterocycles. The fourth-order valence-corrected chi connectivity index (χ4v) is 3.52. The van der Waals surface area contributed by atoms with Crippen LogP contribution in [0, 0.1) is 5.41 Å². The Morgan fingerprint density at radius 2 is 2.20 bits per heavy atom. The number of rotatable bonds is 1. The van der Waals surface area contributed by atoms with Crippen LogP contribution in [0.3, 0.4) is 0 Å². The molecule has 2 rings (SSSR count). The number of hydrogen-bond acceptors (Lipinski definition) is 4. The smallest absolute Gasteiger partial charge is 0.122 e. The number of nitrogens with zero attached hydrogens (tertiary/aromatic N) is 2. The van der Waals surface area contributed by atoms with E-state index >= 15 is 0 Å². The topological polar surface area (TPSA) is 46.0 Å². The van der Waals surface area contributed by atoms with Crippen molar-refractivity contribution in [2.45, 2.75) is 25.9 Å². The molecule has 1 atom stereocenters. The van der Waals surface area contributed by atoms with Crippen molar-refractivity contribution in [1.29, 1.82) is 0 Å². The van der Waals surface area contributed by atoms with E-state index in [0.717, 1.165) is 12.2 Å². The molecule has 1 saturated heterocycles. The molecule has 1 aromatic rings. The van der Waals surface area contributed by atoms with Crippen LogP contribution in [-0.2, 0) is 5.60 Å². The fourth-order valence-electron chi connectivity index (χ4n) is 1.88. The summed E-state index contributed by atoms with van der Waals surface area (Å²) in [6.45, 7) is 4.20. The summed E-state index contributed by atoms with van der Waals surface area (Å²) >= 11 is 1.78. The van der Waals surface area contributed by atoms with Crippen molar-refractivity contribution in [2.24, 2.45) is 5.41 Å². The lowest BCUT2D eigenvalue weighted by atomic mass is 9.72. The second kappa shape index (κ2) is 3.76. The Balaban J connectivity index is 2.40. The van der Waals surface area contributed by atoms with Gasteiger partial charge in [-0.2, -0.15) is 11.8 Å². The predicted molar refractivity (Wildman–Crippen MR) is 61.7 cm³/mol. The Morgan fingerprint density at radius 3 is 2.80 bits per heavy atom. The van der Waals surface area contributed by atoms with Crippen LogP contribution in [-0.4, -0.2) is 26.6 Å². The van der Waals surface area contributed by atoms with Crippen LogP contribution in [0.2, 0.25) is 0 Å². The van der Waals surface area contributed by atoms with Gasteiger partial charge in [-0.1, -0.05) is 13.8 Å². The summed E-state index contributed by atoms with van der Waals surface area (Å²) in [7, 11) is 0. The molecule has 1 fully saturated rings. The third-order valence-corrected chi connectivity index (χ3v) is 4.40. The van der Waals surface area contributed by atoms with Crippen LogP contribution in [0.25, 0.3) is 0 Å². The molecule has 4 heteroatoms. The first-order chi connectivity index (χ1) is 7.06. The molecule has 1 aliphatic heterocycles. The molecule has 15 heavy (non-hydrogen) atoms. The predicted octanol–water partition coefficient (Wildman–Crippen LogP) is 1.83. The third kappa shape index (κ3) is 1.76. The molecule has 0 radical (unpaired) electrons. The summed E-state index contributed by atoms with van der Waals surface area (Å²) in [5, 5.41) is 10.7. The molecule has 0 saturated carbocycles. The summed E-state index contributed by atoms with van der Waals surface area (Å²) in [6, 6.07) is 0. The summed E-state index contributed by atoms with van der Waals surface area (Å²) in [5.41, 5.74) is -0.277. The summed E-state index contributed by atoms with van der Waals surface area (Å²) in [6.07, 6.45) is 5.96. The number of hydrogen-bond donors (Lipinski definition) is 1. The van der Waals surface area contributed by atoms with Gasteiger partial charge in [0.25, 0.3) is 0 Å². The van der Waals surface area contributed by atoms with Gasteiger partial charge in [-0.3, -0.25) is 9.97 Å². The Labute approximate surface area is 94.3 Å². The van der Waals surface area contributed by atoms with Crippen LogP contribution in [0.4, 0.5) is 0 Å². The van der Waals surface area contributed by atoms with Crippen molar-refractivity contribution in [3.8, 4) is 0 Å². The second-order valence-electron chi connectivity index (χ2n) is 4.64. The van der Waals surface area contributed by atoms with Gasteiger partial charge >= 0.3 is 0 Å². The van der Waals surface area contributed by atoms with Crippen LogP contribution >= 0.6 is 11.8 Å². The standard InChI is InChI=1S/C11H16N2OS/c1-10(2)3-6-15-8-11(10,14)9-7-12-4-5-13-9/h4-5,7,14H,3,6,8H2,1-2H3. The summed E-state index contributed by atoms with van der Waals surface area (Å²) in [5.74, 6) is 1.81. The van der Waals surface area contributed by atoms with Gasteiger partial charge in [0.2, 0.25) is 0 Å². The van der Waals surface area contributed by atoms with E-state index in [-0.39, 0.29) is 5.41 Å². The lowest BCUT2D eigenvalue weighted by Crippen LogP contribution is -2.47. The Hall–Kier alpha value is -0.610. The zero-order valence-electron chi connectivity index (χ0n) is 9.10. The quantitative estimate of drug-likeness (QED) is 0.790. The molecule has 0 aliphatic carbocycles. The van der Waals surface area contributed by atoms with Crippen molar-refractivity contribution in [1.82, 2.24) is 9.97 Å².